The van der Waals surface area contributed by atoms with Crippen molar-refractivity contribution in [2.45, 2.75) is 51.5 Å². The Morgan fingerprint density at radius 2 is 1.78 bits per heavy atom. The number of pyridine rings is 2. The van der Waals surface area contributed by atoms with E-state index in [9.17, 15) is 10.0 Å². The zero-order chi connectivity index (χ0) is 22.3. The maximum absolute atomic E-state index is 13.4. The molecular formula is C23H25N7O2. The summed E-state index contributed by atoms with van der Waals surface area (Å²) in [5, 5.41) is 22.9. The minimum Gasteiger partial charge on any atom is -0.710 e. The molecule has 3 aromatic heterocycles. The second-order valence-electron chi connectivity index (χ2n) is 8.53. The lowest BCUT2D eigenvalue weighted by molar-refractivity contribution is -0.603. The molecule has 1 amide bonds. The van der Waals surface area contributed by atoms with Crippen molar-refractivity contribution in [2.75, 3.05) is 10.6 Å². The van der Waals surface area contributed by atoms with E-state index in [0.717, 1.165) is 48.0 Å². The van der Waals surface area contributed by atoms with Crippen LogP contribution in [-0.2, 0) is 5.54 Å². The number of nitrogens with zero attached hydrogens (tertiary/aromatic N) is 4. The molecule has 0 unspecified atom stereocenters. The van der Waals surface area contributed by atoms with E-state index in [-0.39, 0.29) is 5.91 Å². The zero-order valence-corrected chi connectivity index (χ0v) is 18.1. The van der Waals surface area contributed by atoms with Crippen molar-refractivity contribution in [2.24, 2.45) is 0 Å². The lowest BCUT2D eigenvalue weighted by atomic mass is 9.79. The van der Waals surface area contributed by atoms with E-state index in [4.69, 9.17) is 0 Å². The van der Waals surface area contributed by atoms with Crippen LogP contribution >= 0.6 is 0 Å². The number of rotatable bonds is 4. The van der Waals surface area contributed by atoms with Crippen molar-refractivity contribution in [1.29, 1.82) is 0 Å². The van der Waals surface area contributed by atoms with Crippen LogP contribution < -0.4 is 20.7 Å². The molecule has 4 heterocycles. The van der Waals surface area contributed by atoms with Crippen LogP contribution in [-0.4, -0.2) is 20.9 Å². The van der Waals surface area contributed by atoms with E-state index >= 15 is 0 Å². The van der Waals surface area contributed by atoms with Gasteiger partial charge < -0.3 is 15.8 Å². The number of carbonyl (C=O) groups is 1. The molecule has 0 radical (unpaired) electrons. The summed E-state index contributed by atoms with van der Waals surface area (Å²) in [4.78, 5) is 25.5. The van der Waals surface area contributed by atoms with Gasteiger partial charge in [0.2, 0.25) is 5.82 Å². The summed E-state index contributed by atoms with van der Waals surface area (Å²) in [5.74, 6) is 1.90. The number of aromatic nitrogens is 4. The molecule has 32 heavy (non-hydrogen) atoms. The quantitative estimate of drug-likeness (QED) is 0.427. The van der Waals surface area contributed by atoms with Gasteiger partial charge in [-0.3, -0.25) is 4.79 Å². The number of nitrogens with one attached hydrogen (secondary N) is 3. The summed E-state index contributed by atoms with van der Waals surface area (Å²) in [6.07, 6.45) is 7.79. The molecule has 1 aliphatic carbocycles. The number of aryl methyl sites for hydroxylation is 2. The van der Waals surface area contributed by atoms with Crippen LogP contribution in [0.1, 0.15) is 59.3 Å². The normalized spacial score (nSPS) is 16.5. The predicted octanol–water partition coefficient (Wildman–Crippen LogP) is 3.51. The molecule has 0 aromatic carbocycles. The molecule has 5 rings (SSSR count). The van der Waals surface area contributed by atoms with Gasteiger partial charge in [-0.2, -0.15) is 4.98 Å². The fraction of sp³-hybridized carbons (Fsp3) is 0.348. The predicted molar refractivity (Wildman–Crippen MR) is 120 cm³/mol. The van der Waals surface area contributed by atoms with E-state index in [1.165, 1.54) is 6.33 Å². The summed E-state index contributed by atoms with van der Waals surface area (Å²) in [6, 6.07) is 7.25. The molecule has 3 N–H and O–H groups in total. The number of carbonyl (C=O) groups excluding carboxylic acids is 1. The molecule has 1 spiro atoms. The Morgan fingerprint density at radius 1 is 1.03 bits per heavy atom. The summed E-state index contributed by atoms with van der Waals surface area (Å²) in [5.41, 5.74) is 2.21. The van der Waals surface area contributed by atoms with Crippen LogP contribution in [0, 0.1) is 19.1 Å². The summed E-state index contributed by atoms with van der Waals surface area (Å²) in [7, 11) is 0. The Morgan fingerprint density at radius 3 is 2.53 bits per heavy atom. The smallest absolute Gasteiger partial charge is 0.284 e. The van der Waals surface area contributed by atoms with Gasteiger partial charge in [0.1, 0.15) is 29.2 Å². The largest absolute Gasteiger partial charge is 0.710 e. The highest BCUT2D eigenvalue weighted by Crippen LogP contribution is 2.42. The molecule has 3 aromatic rings. The van der Waals surface area contributed by atoms with Crippen LogP contribution in [0.25, 0.3) is 0 Å². The van der Waals surface area contributed by atoms with Gasteiger partial charge in [-0.05, 0) is 43.9 Å². The van der Waals surface area contributed by atoms with Crippen molar-refractivity contribution >= 4 is 29.2 Å². The van der Waals surface area contributed by atoms with Crippen molar-refractivity contribution in [3.63, 3.8) is 0 Å². The van der Waals surface area contributed by atoms with E-state index in [0.29, 0.717) is 34.5 Å². The molecule has 9 heteroatoms. The first kappa shape index (κ1) is 20.2. The van der Waals surface area contributed by atoms with Gasteiger partial charge >= 0.3 is 0 Å². The van der Waals surface area contributed by atoms with Crippen LogP contribution in [0.5, 0.6) is 0 Å². The third-order valence-electron chi connectivity index (χ3n) is 6.33. The fourth-order valence-electron chi connectivity index (χ4n) is 4.77. The van der Waals surface area contributed by atoms with Crippen molar-refractivity contribution in [3.05, 3.63) is 64.4 Å². The average molecular weight is 432 g/mol. The summed E-state index contributed by atoms with van der Waals surface area (Å²) < 4.78 is 0.865. The minimum absolute atomic E-state index is 0.158. The van der Waals surface area contributed by atoms with Crippen LogP contribution in [0.15, 0.2) is 36.8 Å². The number of fused-ring (bicyclic) bond motifs is 2. The second kappa shape index (κ2) is 7.74. The first-order valence-electron chi connectivity index (χ1n) is 10.8. The Labute approximate surface area is 185 Å². The Kier molecular flexibility index (Phi) is 4.88. The number of hydrogen-bond donors (Lipinski definition) is 3. The van der Waals surface area contributed by atoms with Crippen LogP contribution in [0.3, 0.4) is 0 Å². The lowest BCUT2D eigenvalue weighted by Crippen LogP contribution is -2.49. The second-order valence-corrected chi connectivity index (χ2v) is 8.53. The van der Waals surface area contributed by atoms with E-state index in [1.807, 2.05) is 26.0 Å². The first-order valence-corrected chi connectivity index (χ1v) is 10.8. The standard InChI is InChI=1S/C23H25N7O2/c1-14-7-6-10-24-21(14)28-17-12-16(25-13-26-17)27-18-11-15(2)19-20(30(18)32)23(29-22(19)31)8-4-3-5-9-23/h6-7,10-13H,3-5,8-9H2,1-2H3,(H,29,31)(H2,24,25,26,27,28). The fourth-order valence-corrected chi connectivity index (χ4v) is 4.77. The van der Waals surface area contributed by atoms with Gasteiger partial charge in [-0.1, -0.05) is 25.3 Å². The monoisotopic (exact) mass is 431 g/mol. The molecule has 9 nitrogen and oxygen atoms in total. The highest BCUT2D eigenvalue weighted by atomic mass is 16.5. The molecule has 1 saturated carbocycles. The highest BCUT2D eigenvalue weighted by molar-refractivity contribution is 6.00. The Hall–Kier alpha value is -3.75. The number of hydrogen-bond acceptors (Lipinski definition) is 7. The van der Waals surface area contributed by atoms with E-state index in [1.54, 1.807) is 18.3 Å². The molecule has 0 bridgehead atoms. The van der Waals surface area contributed by atoms with Gasteiger partial charge in [-0.15, -0.1) is 0 Å². The number of amides is 1. The molecular weight excluding hydrogens is 406 g/mol. The molecule has 1 fully saturated rings. The minimum atomic E-state index is -0.580. The summed E-state index contributed by atoms with van der Waals surface area (Å²) >= 11 is 0. The maximum atomic E-state index is 13.4. The third kappa shape index (κ3) is 3.39. The topological polar surface area (TPSA) is 119 Å². The third-order valence-corrected chi connectivity index (χ3v) is 6.33. The molecule has 2 aliphatic rings. The molecule has 164 valence electrons. The van der Waals surface area contributed by atoms with Gasteiger partial charge in [0.05, 0.1) is 5.56 Å². The average Bonchev–Trinajstić information content (AvgIpc) is 3.06. The van der Waals surface area contributed by atoms with Gasteiger partial charge in [0.15, 0.2) is 0 Å². The van der Waals surface area contributed by atoms with Crippen molar-refractivity contribution < 1.29 is 9.52 Å². The first-order chi connectivity index (χ1) is 15.5. The number of anilines is 4. The maximum Gasteiger partial charge on any atom is 0.284 e. The van der Waals surface area contributed by atoms with Gasteiger partial charge in [0.25, 0.3) is 11.7 Å². The summed E-state index contributed by atoms with van der Waals surface area (Å²) in [6.45, 7) is 3.82. The van der Waals surface area contributed by atoms with E-state index in [2.05, 4.69) is 30.9 Å². The van der Waals surface area contributed by atoms with Gasteiger partial charge in [-0.25, -0.2) is 20.0 Å². The van der Waals surface area contributed by atoms with Gasteiger partial charge in [0, 0.05) is 18.3 Å². The Bertz CT molecular complexity index is 1200. The highest BCUT2D eigenvalue weighted by Gasteiger charge is 2.48. The molecule has 0 atom stereocenters. The van der Waals surface area contributed by atoms with Crippen LogP contribution in [0.4, 0.5) is 23.3 Å². The van der Waals surface area contributed by atoms with E-state index < -0.39 is 5.54 Å². The van der Waals surface area contributed by atoms with Crippen molar-refractivity contribution in [3.8, 4) is 0 Å². The molecule has 1 aliphatic heterocycles. The van der Waals surface area contributed by atoms with Crippen molar-refractivity contribution in [1.82, 2.24) is 20.3 Å². The SMILES string of the molecule is Cc1cccnc1Nc1cc(Nc2cc(C)c3c([n+]2[O-])C2(CCCCC2)NC3=O)ncn1. The Balaban J connectivity index is 1.48. The van der Waals surface area contributed by atoms with Crippen LogP contribution in [0.2, 0.25) is 0 Å². The lowest BCUT2D eigenvalue weighted by Gasteiger charge is -2.34. The zero-order valence-electron chi connectivity index (χ0n) is 18.1. The molecule has 0 saturated heterocycles.